The van der Waals surface area contributed by atoms with Crippen LogP contribution in [0.3, 0.4) is 0 Å². The van der Waals surface area contributed by atoms with E-state index in [0.717, 1.165) is 25.0 Å². The van der Waals surface area contributed by atoms with Crippen LogP contribution in [-0.4, -0.2) is 46.6 Å². The van der Waals surface area contributed by atoms with Crippen molar-refractivity contribution in [2.45, 2.75) is 71.1 Å². The number of nitrogens with one attached hydrogen (secondary N) is 3. The molecule has 0 saturated heterocycles. The predicted molar refractivity (Wildman–Crippen MR) is 135 cm³/mol. The van der Waals surface area contributed by atoms with E-state index in [2.05, 4.69) is 33.6 Å². The second-order valence-electron chi connectivity index (χ2n) is 8.24. The van der Waals surface area contributed by atoms with Crippen LogP contribution in [0.15, 0.2) is 36.1 Å². The second-order valence-corrected chi connectivity index (χ2v) is 8.68. The first-order chi connectivity index (χ1) is 17.3. The van der Waals surface area contributed by atoms with Gasteiger partial charge in [-0.3, -0.25) is 14.4 Å². The Hall–Kier alpha value is -3.21. The number of fused-ring (bicyclic) bond motifs is 2. The Morgan fingerprint density at radius 2 is 1.97 bits per heavy atom. The number of unbranched alkanes of at least 4 members (excludes halogenated alkanes) is 2. The summed E-state index contributed by atoms with van der Waals surface area (Å²) in [5.41, 5.74) is -0.265. The van der Waals surface area contributed by atoms with E-state index < -0.39 is 41.7 Å². The molecule has 1 aliphatic heterocycles. The highest BCUT2D eigenvalue weighted by Crippen LogP contribution is 2.12. The summed E-state index contributed by atoms with van der Waals surface area (Å²) >= 11 is 4.15. The molecule has 0 aliphatic carbocycles. The van der Waals surface area contributed by atoms with Crippen LogP contribution in [0.2, 0.25) is 0 Å². The number of carbonyl (C=O) groups is 4. The number of nitrogens with zero attached hydrogens (tertiary/aromatic N) is 1. The van der Waals surface area contributed by atoms with E-state index in [0.29, 0.717) is 25.0 Å². The highest BCUT2D eigenvalue weighted by Gasteiger charge is 2.27. The lowest BCUT2D eigenvalue weighted by Crippen LogP contribution is -2.46. The number of cyclic esters (lactones) is 1. The summed E-state index contributed by atoms with van der Waals surface area (Å²) in [7, 11) is 0. The van der Waals surface area contributed by atoms with Crippen LogP contribution in [0, 0.1) is 5.82 Å². The number of amides is 3. The lowest BCUT2D eigenvalue weighted by molar-refractivity contribution is -0.152. The standard InChI is InChI=1S/C25H33FN4O5S/c1-3-5-6-10-20-25(34)35-18(9-7-8-11-36)14-22(31)27-15-17-12-16(26)13-21(28-17)24(33)29-19(4-2)23(32)30-20/h4,7,9,12-13,18,20,36H,3,5-6,8,10-11,14-15H2,1-2H3,(H,27,31)(H,29,33)(H,30,32)/b9-7+,19-4-/t18-,20+/m1/s1. The zero-order valence-electron chi connectivity index (χ0n) is 20.5. The summed E-state index contributed by atoms with van der Waals surface area (Å²) in [6.45, 7) is 3.41. The number of thiol groups is 1. The molecule has 0 aromatic carbocycles. The Bertz CT molecular complexity index is 1010. The maximum Gasteiger partial charge on any atom is 0.329 e. The second kappa shape index (κ2) is 15.0. The number of hydrogen-bond donors (Lipinski definition) is 4. The van der Waals surface area contributed by atoms with Crippen LogP contribution in [0.5, 0.6) is 0 Å². The van der Waals surface area contributed by atoms with Crippen molar-refractivity contribution in [3.63, 3.8) is 0 Å². The third kappa shape index (κ3) is 9.44. The minimum atomic E-state index is -0.994. The molecule has 0 saturated carbocycles. The maximum atomic E-state index is 14.1. The Morgan fingerprint density at radius 3 is 2.67 bits per heavy atom. The van der Waals surface area contributed by atoms with Crippen LogP contribution in [-0.2, 0) is 25.7 Å². The molecule has 2 rings (SSSR count). The molecule has 9 nitrogen and oxygen atoms in total. The van der Waals surface area contributed by atoms with Gasteiger partial charge in [-0.15, -0.1) is 0 Å². The number of allylic oxidation sites excluding steroid dienone is 2. The van der Waals surface area contributed by atoms with Gasteiger partial charge in [0.1, 0.15) is 29.4 Å². The van der Waals surface area contributed by atoms with Crippen LogP contribution in [0.4, 0.5) is 4.39 Å². The summed E-state index contributed by atoms with van der Waals surface area (Å²) < 4.78 is 19.7. The van der Waals surface area contributed by atoms with Gasteiger partial charge < -0.3 is 20.7 Å². The molecule has 0 unspecified atom stereocenters. The Balaban J connectivity index is 2.41. The van der Waals surface area contributed by atoms with E-state index in [-0.39, 0.29) is 30.1 Å². The van der Waals surface area contributed by atoms with E-state index in [1.54, 1.807) is 19.1 Å². The van der Waals surface area contributed by atoms with Crippen LogP contribution in [0.1, 0.15) is 68.6 Å². The Kier molecular flexibility index (Phi) is 12.1. The fraction of sp³-hybridized carbons (Fsp3) is 0.480. The third-order valence-electron chi connectivity index (χ3n) is 5.31. The Morgan fingerprint density at radius 1 is 1.19 bits per heavy atom. The average Bonchev–Trinajstić information content (AvgIpc) is 2.84. The molecule has 3 amide bonds. The molecule has 2 bridgehead atoms. The number of hydrogen-bond acceptors (Lipinski definition) is 7. The molecule has 36 heavy (non-hydrogen) atoms. The van der Waals surface area contributed by atoms with Gasteiger partial charge in [-0.25, -0.2) is 14.2 Å². The van der Waals surface area contributed by atoms with Gasteiger partial charge in [-0.1, -0.05) is 38.3 Å². The normalized spacial score (nSPS) is 21.2. The molecule has 1 aromatic heterocycles. The lowest BCUT2D eigenvalue weighted by Gasteiger charge is -2.22. The zero-order valence-corrected chi connectivity index (χ0v) is 21.4. The van der Waals surface area contributed by atoms with Crippen LogP contribution >= 0.6 is 12.6 Å². The first kappa shape index (κ1) is 29.0. The highest BCUT2D eigenvalue weighted by atomic mass is 32.1. The number of esters is 1. The molecule has 0 fully saturated rings. The van der Waals surface area contributed by atoms with Gasteiger partial charge in [0.2, 0.25) is 5.91 Å². The molecular weight excluding hydrogens is 487 g/mol. The molecule has 11 heteroatoms. The minimum absolute atomic E-state index is 0.113. The monoisotopic (exact) mass is 520 g/mol. The topological polar surface area (TPSA) is 126 Å². The van der Waals surface area contributed by atoms with E-state index in [9.17, 15) is 23.6 Å². The van der Waals surface area contributed by atoms with Crippen molar-refractivity contribution in [3.05, 3.63) is 53.3 Å². The predicted octanol–water partition coefficient (Wildman–Crippen LogP) is 2.73. The molecular formula is C25H33FN4O5S. The number of halogens is 1. The van der Waals surface area contributed by atoms with Gasteiger partial charge in [-0.2, -0.15) is 12.6 Å². The van der Waals surface area contributed by atoms with Gasteiger partial charge in [0, 0.05) is 6.07 Å². The summed E-state index contributed by atoms with van der Waals surface area (Å²) in [5.74, 6) is -2.80. The van der Waals surface area contributed by atoms with Gasteiger partial charge >= 0.3 is 5.97 Å². The SMILES string of the molecule is C/C=C1\NC(=O)c2cc(F)cc(n2)CNC(=O)C[C@@H](/C=C/CCS)OC(=O)[C@H](CCCCC)NC1=O. The fourth-order valence-electron chi connectivity index (χ4n) is 3.43. The van der Waals surface area contributed by atoms with E-state index in [1.165, 1.54) is 6.08 Å². The van der Waals surface area contributed by atoms with Crippen molar-refractivity contribution in [2.24, 2.45) is 0 Å². The molecule has 3 N–H and O–H groups in total. The van der Waals surface area contributed by atoms with Crippen molar-refractivity contribution in [2.75, 3.05) is 5.75 Å². The number of pyridine rings is 1. The van der Waals surface area contributed by atoms with Crippen molar-refractivity contribution in [3.8, 4) is 0 Å². The minimum Gasteiger partial charge on any atom is -0.456 e. The summed E-state index contributed by atoms with van der Waals surface area (Å²) in [6, 6.07) is 1.03. The van der Waals surface area contributed by atoms with Crippen LogP contribution in [0.25, 0.3) is 0 Å². The summed E-state index contributed by atoms with van der Waals surface area (Å²) in [6.07, 6.45) is 7.00. The number of ether oxygens (including phenoxy) is 1. The van der Waals surface area contributed by atoms with Crippen molar-refractivity contribution < 1.29 is 28.3 Å². The highest BCUT2D eigenvalue weighted by molar-refractivity contribution is 7.80. The van der Waals surface area contributed by atoms with Gasteiger partial charge in [0.05, 0.1) is 18.7 Å². The van der Waals surface area contributed by atoms with Gasteiger partial charge in [0.25, 0.3) is 11.8 Å². The molecule has 1 aliphatic rings. The summed E-state index contributed by atoms with van der Waals surface area (Å²) in [5, 5.41) is 7.64. The van der Waals surface area contributed by atoms with Crippen molar-refractivity contribution in [1.82, 2.24) is 20.9 Å². The van der Waals surface area contributed by atoms with Gasteiger partial charge in [-0.05, 0) is 37.7 Å². The zero-order chi connectivity index (χ0) is 26.5. The molecule has 2 atom stereocenters. The maximum absolute atomic E-state index is 14.1. The Labute approximate surface area is 215 Å². The quantitative estimate of drug-likeness (QED) is 0.144. The largest absolute Gasteiger partial charge is 0.456 e. The van der Waals surface area contributed by atoms with E-state index in [4.69, 9.17) is 4.74 Å². The molecule has 0 radical (unpaired) electrons. The van der Waals surface area contributed by atoms with Crippen LogP contribution < -0.4 is 16.0 Å². The first-order valence-corrected chi connectivity index (χ1v) is 12.6. The molecule has 1 aromatic rings. The molecule has 196 valence electrons. The number of carbonyl (C=O) groups excluding carboxylic acids is 4. The number of rotatable bonds is 7. The third-order valence-corrected chi connectivity index (χ3v) is 5.57. The van der Waals surface area contributed by atoms with Crippen molar-refractivity contribution in [1.29, 1.82) is 0 Å². The average molecular weight is 521 g/mol. The van der Waals surface area contributed by atoms with Crippen molar-refractivity contribution >= 4 is 36.3 Å². The van der Waals surface area contributed by atoms with E-state index in [1.807, 2.05) is 6.92 Å². The lowest BCUT2D eigenvalue weighted by atomic mass is 10.1. The van der Waals surface area contributed by atoms with Gasteiger partial charge in [0.15, 0.2) is 0 Å². The fourth-order valence-corrected chi connectivity index (χ4v) is 3.58. The van der Waals surface area contributed by atoms with E-state index >= 15 is 0 Å². The number of aromatic nitrogens is 1. The first-order valence-electron chi connectivity index (χ1n) is 12.0. The smallest absolute Gasteiger partial charge is 0.329 e. The molecule has 0 spiro atoms. The molecule has 2 heterocycles. The summed E-state index contributed by atoms with van der Waals surface area (Å²) in [4.78, 5) is 55.3.